The van der Waals surface area contributed by atoms with Crippen LogP contribution in [-0.2, 0) is 4.74 Å². The van der Waals surface area contributed by atoms with Crippen molar-refractivity contribution in [2.24, 2.45) is 5.73 Å². The van der Waals surface area contributed by atoms with E-state index in [1.165, 1.54) is 0 Å². The Kier molecular flexibility index (Phi) is 6.22. The molecular formula is C9H21NO4. The summed E-state index contributed by atoms with van der Waals surface area (Å²) in [5, 5.41) is 27.4. The van der Waals surface area contributed by atoms with Crippen LogP contribution < -0.4 is 5.73 Å². The molecule has 1 saturated heterocycles. The maximum absolute atomic E-state index is 9.35. The predicted molar refractivity (Wildman–Crippen MR) is 52.8 cm³/mol. The molecule has 1 aliphatic rings. The highest BCUT2D eigenvalue weighted by Crippen LogP contribution is 2.18. The first-order valence-electron chi connectivity index (χ1n) is 4.96. The fourth-order valence-corrected chi connectivity index (χ4v) is 1.32. The molecule has 0 aromatic rings. The molecule has 0 radical (unpaired) electrons. The molecule has 1 fully saturated rings. The molecule has 0 aromatic heterocycles. The third-order valence-electron chi connectivity index (χ3n) is 2.24. The van der Waals surface area contributed by atoms with E-state index in [-0.39, 0.29) is 12.7 Å². The fourth-order valence-electron chi connectivity index (χ4n) is 1.32. The van der Waals surface area contributed by atoms with Gasteiger partial charge in [0.1, 0.15) is 18.3 Å². The third-order valence-corrected chi connectivity index (χ3v) is 2.24. The Labute approximate surface area is 84.5 Å². The highest BCUT2D eigenvalue weighted by atomic mass is 16.5. The normalized spacial score (nSPS) is 42.6. The summed E-state index contributed by atoms with van der Waals surface area (Å²) >= 11 is 0. The molecule has 1 heterocycles. The lowest BCUT2D eigenvalue weighted by molar-refractivity contribution is -0.183. The van der Waals surface area contributed by atoms with Crippen molar-refractivity contribution in [2.75, 3.05) is 6.61 Å². The minimum absolute atomic E-state index is 0.310. The van der Waals surface area contributed by atoms with Crippen molar-refractivity contribution in [3.05, 3.63) is 0 Å². The smallest absolute Gasteiger partial charge is 0.110 e. The molecule has 14 heavy (non-hydrogen) atoms. The maximum Gasteiger partial charge on any atom is 0.110 e. The van der Waals surface area contributed by atoms with Crippen molar-refractivity contribution in [1.82, 2.24) is 0 Å². The Morgan fingerprint density at radius 2 is 1.71 bits per heavy atom. The molecule has 0 saturated carbocycles. The molecule has 0 bridgehead atoms. The first-order chi connectivity index (χ1) is 6.57. The van der Waals surface area contributed by atoms with E-state index < -0.39 is 24.4 Å². The first kappa shape index (κ1) is 13.8. The Bertz CT molecular complexity index is 151. The number of ether oxygens (including phenoxy) is 1. The van der Waals surface area contributed by atoms with Gasteiger partial charge in [0, 0.05) is 0 Å². The van der Waals surface area contributed by atoms with Gasteiger partial charge in [-0.15, -0.1) is 0 Å². The van der Waals surface area contributed by atoms with E-state index in [1.807, 2.05) is 13.8 Å². The van der Waals surface area contributed by atoms with Gasteiger partial charge in [0.15, 0.2) is 0 Å². The lowest BCUT2D eigenvalue weighted by Gasteiger charge is -2.39. The maximum atomic E-state index is 9.35. The average Bonchev–Trinajstić information content (AvgIpc) is 2.23. The zero-order chi connectivity index (χ0) is 11.3. The largest absolute Gasteiger partial charge is 0.394 e. The molecule has 1 aliphatic heterocycles. The second-order valence-electron chi connectivity index (χ2n) is 3.12. The van der Waals surface area contributed by atoms with Crippen LogP contribution in [0.1, 0.15) is 20.8 Å². The number of aliphatic hydroxyl groups is 3. The van der Waals surface area contributed by atoms with Gasteiger partial charge in [-0.2, -0.15) is 0 Å². The van der Waals surface area contributed by atoms with Crippen LogP contribution in [-0.4, -0.2) is 52.4 Å². The summed E-state index contributed by atoms with van der Waals surface area (Å²) < 4.78 is 5.15. The van der Waals surface area contributed by atoms with Gasteiger partial charge in [0.05, 0.1) is 18.8 Å². The number of rotatable bonds is 1. The molecule has 5 atom stereocenters. The van der Waals surface area contributed by atoms with Crippen LogP contribution in [0, 0.1) is 0 Å². The van der Waals surface area contributed by atoms with Crippen LogP contribution in [0.2, 0.25) is 0 Å². The van der Waals surface area contributed by atoms with Gasteiger partial charge in [0.2, 0.25) is 0 Å². The van der Waals surface area contributed by atoms with Crippen molar-refractivity contribution in [3.63, 3.8) is 0 Å². The monoisotopic (exact) mass is 207 g/mol. The Balaban J connectivity index is 0.000000791. The summed E-state index contributed by atoms with van der Waals surface area (Å²) in [4.78, 5) is 0. The number of hydrogen-bond acceptors (Lipinski definition) is 5. The van der Waals surface area contributed by atoms with Gasteiger partial charge in [-0.05, 0) is 6.92 Å². The van der Waals surface area contributed by atoms with Crippen LogP contribution in [0.5, 0.6) is 0 Å². The molecule has 5 nitrogen and oxygen atoms in total. The van der Waals surface area contributed by atoms with Crippen molar-refractivity contribution in [2.45, 2.75) is 51.2 Å². The van der Waals surface area contributed by atoms with Crippen molar-refractivity contribution < 1.29 is 20.1 Å². The molecule has 5 heteroatoms. The zero-order valence-electron chi connectivity index (χ0n) is 8.92. The topological polar surface area (TPSA) is 95.9 Å². The van der Waals surface area contributed by atoms with E-state index in [0.29, 0.717) is 0 Å². The first-order valence-corrected chi connectivity index (χ1v) is 4.96. The standard InChI is InChI=1S/C7H15NO4.C2H6/c1-3-5(8)7(11)6(10)4(2-9)12-3;1-2/h3-7,9-11H,2,8H2,1H3;1-2H3/t3-,4+,5-,6-,7+;/m0./s1. The van der Waals surface area contributed by atoms with E-state index in [1.54, 1.807) is 6.92 Å². The number of aliphatic hydroxyl groups excluding tert-OH is 3. The molecule has 0 unspecified atom stereocenters. The van der Waals surface area contributed by atoms with E-state index >= 15 is 0 Å². The van der Waals surface area contributed by atoms with Crippen LogP contribution >= 0.6 is 0 Å². The van der Waals surface area contributed by atoms with E-state index in [4.69, 9.17) is 15.6 Å². The summed E-state index contributed by atoms with van der Waals surface area (Å²) in [5.41, 5.74) is 5.51. The molecule has 1 rings (SSSR count). The Morgan fingerprint density at radius 1 is 1.21 bits per heavy atom. The molecular weight excluding hydrogens is 186 g/mol. The van der Waals surface area contributed by atoms with E-state index in [0.717, 1.165) is 0 Å². The third kappa shape index (κ3) is 2.90. The molecule has 0 spiro atoms. The SMILES string of the molecule is CC.C[C@@H]1O[C@H](CO)[C@H](O)[C@H](O)[C@H]1N. The lowest BCUT2D eigenvalue weighted by Crippen LogP contribution is -2.60. The summed E-state index contributed by atoms with van der Waals surface area (Å²) in [5.74, 6) is 0. The van der Waals surface area contributed by atoms with Crippen LogP contribution in [0.25, 0.3) is 0 Å². The zero-order valence-corrected chi connectivity index (χ0v) is 8.92. The highest BCUT2D eigenvalue weighted by molar-refractivity contribution is 4.92. The minimum Gasteiger partial charge on any atom is -0.394 e. The molecule has 86 valence electrons. The second kappa shape index (κ2) is 6.31. The van der Waals surface area contributed by atoms with Crippen LogP contribution in [0.3, 0.4) is 0 Å². The predicted octanol–water partition coefficient (Wildman–Crippen LogP) is -1.16. The summed E-state index contributed by atoms with van der Waals surface area (Å²) in [6.07, 6.45) is -3.19. The minimum atomic E-state index is -1.10. The average molecular weight is 207 g/mol. The van der Waals surface area contributed by atoms with Gasteiger partial charge in [-0.3, -0.25) is 0 Å². The number of nitrogens with two attached hydrogens (primary N) is 1. The summed E-state index contributed by atoms with van der Waals surface area (Å²) in [7, 11) is 0. The van der Waals surface area contributed by atoms with Crippen LogP contribution in [0.4, 0.5) is 0 Å². The van der Waals surface area contributed by atoms with Gasteiger partial charge < -0.3 is 25.8 Å². The van der Waals surface area contributed by atoms with Gasteiger partial charge in [0.25, 0.3) is 0 Å². The fraction of sp³-hybridized carbons (Fsp3) is 1.00. The van der Waals surface area contributed by atoms with Gasteiger partial charge in [-0.25, -0.2) is 0 Å². The number of hydrogen-bond donors (Lipinski definition) is 4. The highest BCUT2D eigenvalue weighted by Gasteiger charge is 2.40. The Morgan fingerprint density at radius 3 is 2.14 bits per heavy atom. The Hall–Kier alpha value is -0.200. The van der Waals surface area contributed by atoms with Gasteiger partial charge >= 0.3 is 0 Å². The molecule has 0 aliphatic carbocycles. The van der Waals surface area contributed by atoms with Gasteiger partial charge in [-0.1, -0.05) is 13.8 Å². The van der Waals surface area contributed by atoms with Crippen molar-refractivity contribution in [3.8, 4) is 0 Å². The van der Waals surface area contributed by atoms with Crippen molar-refractivity contribution in [1.29, 1.82) is 0 Å². The quantitative estimate of drug-likeness (QED) is 0.435. The summed E-state index contributed by atoms with van der Waals surface area (Å²) in [6, 6.07) is -0.595. The molecule has 0 amide bonds. The van der Waals surface area contributed by atoms with E-state index in [2.05, 4.69) is 0 Å². The molecule has 0 aromatic carbocycles. The van der Waals surface area contributed by atoms with E-state index in [9.17, 15) is 10.2 Å². The lowest BCUT2D eigenvalue weighted by atomic mass is 9.94. The van der Waals surface area contributed by atoms with Crippen molar-refractivity contribution >= 4 is 0 Å². The second-order valence-corrected chi connectivity index (χ2v) is 3.12. The van der Waals surface area contributed by atoms with Crippen LogP contribution in [0.15, 0.2) is 0 Å². The summed E-state index contributed by atoms with van der Waals surface area (Å²) in [6.45, 7) is 5.39. The molecule has 5 N–H and O–H groups in total.